The number of ether oxygens (including phenoxy) is 3. The van der Waals surface area contributed by atoms with E-state index in [-0.39, 0.29) is 55.7 Å². The van der Waals surface area contributed by atoms with Crippen molar-refractivity contribution in [1.29, 1.82) is 0 Å². The Labute approximate surface area is 371 Å². The average molecular weight is 899 g/mol. The summed E-state index contributed by atoms with van der Waals surface area (Å²) in [6, 6.07) is 24.3. The lowest BCUT2D eigenvalue weighted by Crippen LogP contribution is -2.36. The van der Waals surface area contributed by atoms with E-state index in [0.29, 0.717) is 56.6 Å². The number of nitrogens with zero attached hydrogens (tertiary/aromatic N) is 2. The molecule has 0 bridgehead atoms. The van der Waals surface area contributed by atoms with Crippen LogP contribution in [0, 0.1) is 23.7 Å². The summed E-state index contributed by atoms with van der Waals surface area (Å²) in [6.07, 6.45) is -3.18. The van der Waals surface area contributed by atoms with E-state index in [1.807, 2.05) is 49.4 Å². The summed E-state index contributed by atoms with van der Waals surface area (Å²) in [6.45, 7) is 7.24. The molecule has 4 aliphatic rings. The molecule has 4 fully saturated rings. The number of esters is 1. The molecule has 64 heavy (non-hydrogen) atoms. The number of aliphatic carboxylic acids is 1. The second kappa shape index (κ2) is 21.2. The maximum Gasteiger partial charge on any atom is 0.391 e. The number of hydrogen-bond donors (Lipinski definition) is 1. The van der Waals surface area contributed by atoms with Crippen LogP contribution in [0.1, 0.15) is 95.1 Å². The van der Waals surface area contributed by atoms with Crippen LogP contribution in [0.5, 0.6) is 11.5 Å². The van der Waals surface area contributed by atoms with Gasteiger partial charge in [0.25, 0.3) is 0 Å². The zero-order valence-electron chi connectivity index (χ0n) is 36.5. The number of benzene rings is 4. The number of fused-ring (bicyclic) bond motifs is 2. The minimum atomic E-state index is -4.10. The Hall–Kier alpha value is -4.56. The molecule has 2 saturated heterocycles. The highest BCUT2D eigenvalue weighted by atomic mass is 19.4. The van der Waals surface area contributed by atoms with E-state index in [1.54, 1.807) is 0 Å². The van der Waals surface area contributed by atoms with Gasteiger partial charge in [-0.2, -0.15) is 26.3 Å². The molecule has 1 N–H and O–H groups in total. The van der Waals surface area contributed by atoms with Crippen LogP contribution < -0.4 is 9.47 Å². The van der Waals surface area contributed by atoms with E-state index in [0.717, 1.165) is 73.7 Å². The van der Waals surface area contributed by atoms with E-state index in [4.69, 9.17) is 19.3 Å². The smallest absolute Gasteiger partial charge is 0.391 e. The number of likely N-dealkylation sites (tertiary alicyclic amines) is 2. The van der Waals surface area contributed by atoms with Gasteiger partial charge in [0.1, 0.15) is 11.5 Å². The SMILES string of the molecule is CCOC(=O)C1CCN(Cc2ccc3cc(OC4CCC(C(F)(F)F)CC4)ccc3c2)CC1.O=C(O)C1CCN(Cc2ccc3cc(OC4CCC(C(F)(F)F)CC4)ccc3c2)CC1. The average Bonchev–Trinajstić information content (AvgIpc) is 3.27. The number of halogens is 6. The first kappa shape index (κ1) is 47.4. The quantitative estimate of drug-likeness (QED) is 0.118. The van der Waals surface area contributed by atoms with E-state index < -0.39 is 30.2 Å². The number of carboxylic acids is 1. The molecule has 348 valence electrons. The van der Waals surface area contributed by atoms with Crippen LogP contribution in [-0.2, 0) is 27.4 Å². The minimum Gasteiger partial charge on any atom is -0.490 e. The molecule has 0 radical (unpaired) electrons. The Morgan fingerprint density at radius 1 is 0.547 bits per heavy atom. The molecular formula is C50H60F6N2O6. The molecule has 0 aromatic heterocycles. The van der Waals surface area contributed by atoms with Gasteiger partial charge in [-0.15, -0.1) is 0 Å². The third-order valence-electron chi connectivity index (χ3n) is 13.6. The second-order valence-electron chi connectivity index (χ2n) is 18.1. The fourth-order valence-corrected chi connectivity index (χ4v) is 9.73. The molecule has 0 spiro atoms. The summed E-state index contributed by atoms with van der Waals surface area (Å²) >= 11 is 0. The number of alkyl halides is 6. The number of piperidine rings is 2. The highest BCUT2D eigenvalue weighted by Gasteiger charge is 2.43. The van der Waals surface area contributed by atoms with E-state index in [9.17, 15) is 35.9 Å². The highest BCUT2D eigenvalue weighted by Crippen LogP contribution is 2.40. The summed E-state index contributed by atoms with van der Waals surface area (Å²) in [5.74, 6) is -1.96. The molecule has 14 heteroatoms. The number of rotatable bonds is 11. The van der Waals surface area contributed by atoms with E-state index in [2.05, 4.69) is 40.1 Å². The first-order valence-electron chi connectivity index (χ1n) is 23.0. The predicted octanol–water partition coefficient (Wildman–Crippen LogP) is 11.8. The van der Waals surface area contributed by atoms with Crippen molar-refractivity contribution < 1.29 is 55.2 Å². The summed E-state index contributed by atoms with van der Waals surface area (Å²) in [5.41, 5.74) is 2.40. The third-order valence-corrected chi connectivity index (χ3v) is 13.6. The molecule has 2 aliphatic heterocycles. The molecular weight excluding hydrogens is 839 g/mol. The first-order chi connectivity index (χ1) is 30.6. The van der Waals surface area contributed by atoms with Crippen LogP contribution in [0.25, 0.3) is 21.5 Å². The summed E-state index contributed by atoms with van der Waals surface area (Å²) < 4.78 is 94.2. The Balaban J connectivity index is 0.000000192. The zero-order valence-corrected chi connectivity index (χ0v) is 36.5. The van der Waals surface area contributed by atoms with Gasteiger partial charge in [0.2, 0.25) is 0 Å². The second-order valence-corrected chi connectivity index (χ2v) is 18.1. The lowest BCUT2D eigenvalue weighted by Gasteiger charge is -2.31. The number of carbonyl (C=O) groups is 2. The van der Waals surface area contributed by atoms with E-state index >= 15 is 0 Å². The Bertz CT molecular complexity index is 2170. The summed E-state index contributed by atoms with van der Waals surface area (Å²) in [7, 11) is 0. The van der Waals surface area contributed by atoms with E-state index in [1.165, 1.54) is 11.1 Å². The first-order valence-corrected chi connectivity index (χ1v) is 23.0. The molecule has 2 saturated carbocycles. The van der Waals surface area contributed by atoms with Gasteiger partial charge in [0, 0.05) is 13.1 Å². The van der Waals surface area contributed by atoms with Crippen molar-refractivity contribution in [3.8, 4) is 11.5 Å². The minimum absolute atomic E-state index is 0.0136. The maximum atomic E-state index is 12.9. The standard InChI is InChI=1S/C26H32F3NO3.C24H28F3NO3/c1-2-32-25(31)19-11-13-30(14-12-19)17-18-3-4-21-16-24(8-5-20(21)15-18)33-23-9-6-22(7-10-23)26(27,28)29;25-24(26,27)20-4-7-21(8-5-20)31-22-6-3-18-13-16(1-2-19(18)14-22)15-28-11-9-17(10-12-28)23(29)30/h3-5,8,15-16,19,22-23H,2,6-7,9-14,17H2,1H3;1-3,6,13-14,17,20-21H,4-5,7-12,15H2,(H,29,30). The molecule has 0 unspecified atom stereocenters. The van der Waals surface area contributed by atoms with Crippen molar-refractivity contribution in [2.24, 2.45) is 23.7 Å². The van der Waals surface area contributed by atoms with Crippen molar-refractivity contribution in [2.75, 3.05) is 32.8 Å². The van der Waals surface area contributed by atoms with Crippen LogP contribution in [-0.4, -0.2) is 84.2 Å². The number of carbonyl (C=O) groups excluding carboxylic acids is 1. The molecule has 4 aromatic rings. The molecule has 0 amide bonds. The Morgan fingerprint density at radius 2 is 0.922 bits per heavy atom. The largest absolute Gasteiger partial charge is 0.490 e. The number of hydrogen-bond acceptors (Lipinski definition) is 7. The Kier molecular flexibility index (Phi) is 15.7. The fraction of sp³-hybridized carbons (Fsp3) is 0.560. The van der Waals surface area contributed by atoms with Crippen molar-refractivity contribution in [2.45, 2.75) is 122 Å². The monoisotopic (exact) mass is 898 g/mol. The van der Waals surface area contributed by atoms with Crippen molar-refractivity contribution >= 4 is 33.5 Å². The molecule has 4 aromatic carbocycles. The highest BCUT2D eigenvalue weighted by molar-refractivity contribution is 5.85. The molecule has 0 atom stereocenters. The van der Waals surface area contributed by atoms with Crippen LogP contribution in [0.3, 0.4) is 0 Å². The lowest BCUT2D eigenvalue weighted by atomic mass is 9.87. The fourth-order valence-electron chi connectivity index (χ4n) is 9.73. The van der Waals surface area contributed by atoms with Crippen LogP contribution >= 0.6 is 0 Å². The van der Waals surface area contributed by atoms with Gasteiger partial charge in [-0.1, -0.05) is 36.4 Å². The zero-order chi connectivity index (χ0) is 45.4. The third kappa shape index (κ3) is 13.0. The normalized spacial score (nSPS) is 23.3. The predicted molar refractivity (Wildman–Crippen MR) is 233 cm³/mol. The van der Waals surface area contributed by atoms with Crippen molar-refractivity contribution in [1.82, 2.24) is 9.80 Å². The van der Waals surface area contributed by atoms with Gasteiger partial charge < -0.3 is 19.3 Å². The van der Waals surface area contributed by atoms with Crippen molar-refractivity contribution in [3.05, 3.63) is 83.9 Å². The van der Waals surface area contributed by atoms with Gasteiger partial charge in [-0.3, -0.25) is 19.4 Å². The van der Waals surface area contributed by atoms with Crippen LogP contribution in [0.2, 0.25) is 0 Å². The van der Waals surface area contributed by atoms with Gasteiger partial charge in [0.05, 0.1) is 42.5 Å². The van der Waals surface area contributed by atoms with Crippen LogP contribution in [0.4, 0.5) is 26.3 Å². The van der Waals surface area contributed by atoms with Gasteiger partial charge in [0.15, 0.2) is 0 Å². The summed E-state index contributed by atoms with van der Waals surface area (Å²) in [5, 5.41) is 13.4. The lowest BCUT2D eigenvalue weighted by molar-refractivity contribution is -0.186. The van der Waals surface area contributed by atoms with Gasteiger partial charge >= 0.3 is 24.3 Å². The van der Waals surface area contributed by atoms with Crippen LogP contribution in [0.15, 0.2) is 72.8 Å². The van der Waals surface area contributed by atoms with Gasteiger partial charge in [-0.25, -0.2) is 0 Å². The Morgan fingerprint density at radius 3 is 1.30 bits per heavy atom. The molecule has 2 aliphatic carbocycles. The molecule has 8 rings (SSSR count). The summed E-state index contributed by atoms with van der Waals surface area (Å²) in [4.78, 5) is 27.7. The molecule has 8 nitrogen and oxygen atoms in total. The van der Waals surface area contributed by atoms with Crippen molar-refractivity contribution in [3.63, 3.8) is 0 Å². The number of carboxylic acid groups (broad SMARTS) is 1. The van der Waals surface area contributed by atoms with Gasteiger partial charge in [-0.05, 0) is 179 Å². The topological polar surface area (TPSA) is 88.5 Å². The molecule has 2 heterocycles. The maximum absolute atomic E-state index is 12.9.